The maximum atomic E-state index is 12.4. The van der Waals surface area contributed by atoms with Crippen molar-refractivity contribution in [2.75, 3.05) is 13.7 Å². The fourth-order valence-electron chi connectivity index (χ4n) is 2.22. The maximum Gasteiger partial charge on any atom is 0.134 e. The topological polar surface area (TPSA) is 32.3 Å². The van der Waals surface area contributed by atoms with Gasteiger partial charge >= 0.3 is 0 Å². The highest BCUT2D eigenvalue weighted by molar-refractivity contribution is 5.18. The number of benzene rings is 1. The molecule has 88 valence electrons. The van der Waals surface area contributed by atoms with E-state index in [9.17, 15) is 5.21 Å². The summed E-state index contributed by atoms with van der Waals surface area (Å²) in [4.78, 5) is 0. The molecule has 2 rings (SSSR count). The Kier molecular flexibility index (Phi) is 3.02. The lowest BCUT2D eigenvalue weighted by Crippen LogP contribution is -2.59. The van der Waals surface area contributed by atoms with Crippen LogP contribution in [-0.4, -0.2) is 30.4 Å². The summed E-state index contributed by atoms with van der Waals surface area (Å²) in [5.41, 5.74) is 1.10. The molecule has 1 fully saturated rings. The standard InChI is InChI=1S/C13H19NO2/c1-10-9-16-13(11(2)14(10,3)15)12-7-5-4-6-8-12/h4-8,10-11,13H,9H2,1-3H3/t10-,11+,13-,14-/m1/s1. The zero-order valence-corrected chi connectivity index (χ0v) is 10.1. The van der Waals surface area contributed by atoms with Gasteiger partial charge in [0.05, 0.1) is 13.7 Å². The van der Waals surface area contributed by atoms with Crippen LogP contribution in [0.15, 0.2) is 30.3 Å². The third-order valence-corrected chi connectivity index (χ3v) is 3.77. The van der Waals surface area contributed by atoms with Gasteiger partial charge in [-0.1, -0.05) is 30.3 Å². The van der Waals surface area contributed by atoms with Crippen LogP contribution in [0.2, 0.25) is 0 Å². The Hall–Kier alpha value is -0.900. The molecule has 1 aliphatic rings. The predicted molar refractivity (Wildman–Crippen MR) is 63.6 cm³/mol. The number of nitrogens with zero attached hydrogens (tertiary/aromatic N) is 1. The van der Waals surface area contributed by atoms with Crippen molar-refractivity contribution >= 4 is 0 Å². The van der Waals surface area contributed by atoms with Crippen molar-refractivity contribution in [2.45, 2.75) is 32.0 Å². The number of hydrogen-bond acceptors (Lipinski definition) is 2. The Morgan fingerprint density at radius 2 is 1.88 bits per heavy atom. The van der Waals surface area contributed by atoms with Crippen LogP contribution in [0.3, 0.4) is 0 Å². The molecule has 1 aromatic rings. The summed E-state index contributed by atoms with van der Waals surface area (Å²) in [5.74, 6) is 0. The second kappa shape index (κ2) is 4.17. The number of morpholine rings is 1. The molecule has 0 N–H and O–H groups in total. The first-order valence-electron chi connectivity index (χ1n) is 5.77. The molecule has 1 aliphatic heterocycles. The predicted octanol–water partition coefficient (Wildman–Crippen LogP) is 2.48. The van der Waals surface area contributed by atoms with Crippen molar-refractivity contribution in [3.05, 3.63) is 41.1 Å². The lowest BCUT2D eigenvalue weighted by molar-refractivity contribution is -0.921. The van der Waals surface area contributed by atoms with E-state index in [4.69, 9.17) is 4.74 Å². The first-order valence-corrected chi connectivity index (χ1v) is 5.77. The first-order chi connectivity index (χ1) is 7.53. The van der Waals surface area contributed by atoms with Gasteiger partial charge in [0.1, 0.15) is 18.2 Å². The lowest BCUT2D eigenvalue weighted by Gasteiger charge is -2.54. The Morgan fingerprint density at radius 1 is 1.25 bits per heavy atom. The fourth-order valence-corrected chi connectivity index (χ4v) is 2.22. The summed E-state index contributed by atoms with van der Waals surface area (Å²) in [6.07, 6.45) is -0.0834. The van der Waals surface area contributed by atoms with E-state index in [1.54, 1.807) is 7.05 Å². The minimum atomic E-state index is -0.223. The molecular formula is C13H19NO2. The number of quaternary nitrogens is 1. The van der Waals surface area contributed by atoms with Crippen LogP contribution in [0.4, 0.5) is 0 Å². The van der Waals surface area contributed by atoms with E-state index in [1.807, 2.05) is 44.2 Å². The second-order valence-corrected chi connectivity index (χ2v) is 4.81. The van der Waals surface area contributed by atoms with Gasteiger partial charge < -0.3 is 14.6 Å². The average molecular weight is 221 g/mol. The summed E-state index contributed by atoms with van der Waals surface area (Å²) in [7, 11) is 1.74. The summed E-state index contributed by atoms with van der Waals surface area (Å²) < 4.78 is 5.59. The highest BCUT2D eigenvalue weighted by Gasteiger charge is 2.39. The first kappa shape index (κ1) is 11.6. The molecule has 0 unspecified atom stereocenters. The molecule has 0 spiro atoms. The molecule has 0 saturated carbocycles. The second-order valence-electron chi connectivity index (χ2n) is 4.81. The number of ether oxygens (including phenoxy) is 1. The molecule has 0 bridgehead atoms. The van der Waals surface area contributed by atoms with E-state index >= 15 is 0 Å². The number of hydrogen-bond donors (Lipinski definition) is 0. The third kappa shape index (κ3) is 1.86. The molecule has 3 nitrogen and oxygen atoms in total. The van der Waals surface area contributed by atoms with Gasteiger partial charge in [-0.05, 0) is 19.4 Å². The van der Waals surface area contributed by atoms with Crippen molar-refractivity contribution in [3.8, 4) is 0 Å². The van der Waals surface area contributed by atoms with Crippen LogP contribution in [0.25, 0.3) is 0 Å². The Labute approximate surface area is 96.8 Å². The molecule has 1 heterocycles. The van der Waals surface area contributed by atoms with Crippen molar-refractivity contribution in [1.29, 1.82) is 0 Å². The van der Waals surface area contributed by atoms with E-state index < -0.39 is 0 Å². The van der Waals surface area contributed by atoms with E-state index in [-0.39, 0.29) is 22.8 Å². The fraction of sp³-hybridized carbons (Fsp3) is 0.538. The molecule has 1 saturated heterocycles. The van der Waals surface area contributed by atoms with Gasteiger partial charge in [0.15, 0.2) is 0 Å². The molecule has 0 amide bonds. The van der Waals surface area contributed by atoms with Crippen LogP contribution >= 0.6 is 0 Å². The Balaban J connectivity index is 2.25. The van der Waals surface area contributed by atoms with Gasteiger partial charge in [-0.3, -0.25) is 0 Å². The van der Waals surface area contributed by atoms with Gasteiger partial charge in [-0.25, -0.2) is 0 Å². The minimum absolute atomic E-state index is 0.00922. The monoisotopic (exact) mass is 221 g/mol. The minimum Gasteiger partial charge on any atom is -0.632 e. The van der Waals surface area contributed by atoms with Crippen LogP contribution in [0.1, 0.15) is 25.5 Å². The number of rotatable bonds is 1. The van der Waals surface area contributed by atoms with Crippen LogP contribution in [-0.2, 0) is 4.74 Å². The van der Waals surface area contributed by atoms with E-state index in [1.165, 1.54) is 0 Å². The molecule has 0 radical (unpaired) electrons. The van der Waals surface area contributed by atoms with Crippen molar-refractivity contribution in [1.82, 2.24) is 0 Å². The smallest absolute Gasteiger partial charge is 0.134 e. The van der Waals surface area contributed by atoms with Crippen LogP contribution < -0.4 is 0 Å². The quantitative estimate of drug-likeness (QED) is 0.539. The molecule has 0 aromatic heterocycles. The van der Waals surface area contributed by atoms with Gasteiger partial charge in [-0.15, -0.1) is 0 Å². The molecular weight excluding hydrogens is 202 g/mol. The maximum absolute atomic E-state index is 12.4. The van der Waals surface area contributed by atoms with Crippen molar-refractivity contribution in [2.24, 2.45) is 0 Å². The zero-order chi connectivity index (χ0) is 11.8. The largest absolute Gasteiger partial charge is 0.632 e. The van der Waals surface area contributed by atoms with Gasteiger partial charge in [-0.2, -0.15) is 0 Å². The normalized spacial score (nSPS) is 39.6. The molecule has 1 aromatic carbocycles. The van der Waals surface area contributed by atoms with Gasteiger partial charge in [0.2, 0.25) is 0 Å². The lowest BCUT2D eigenvalue weighted by atomic mass is 9.99. The molecule has 4 atom stereocenters. The summed E-state index contributed by atoms with van der Waals surface area (Å²) in [6.45, 7) is 4.45. The number of hydroxylamine groups is 3. The summed E-state index contributed by atoms with van der Waals surface area (Å²) in [5, 5.41) is 12.4. The van der Waals surface area contributed by atoms with E-state index in [0.717, 1.165) is 5.56 Å². The Morgan fingerprint density at radius 3 is 2.50 bits per heavy atom. The summed E-state index contributed by atoms with van der Waals surface area (Å²) in [6, 6.07) is 9.94. The van der Waals surface area contributed by atoms with Gasteiger partial charge in [0, 0.05) is 0 Å². The molecule has 0 aliphatic carbocycles. The average Bonchev–Trinajstić information content (AvgIpc) is 2.28. The van der Waals surface area contributed by atoms with Crippen LogP contribution in [0.5, 0.6) is 0 Å². The van der Waals surface area contributed by atoms with Crippen molar-refractivity contribution in [3.63, 3.8) is 0 Å². The SMILES string of the molecule is C[C@@H]1CO[C@@H](c2ccccc2)[C@H](C)[N@+]1(C)[O-]. The highest BCUT2D eigenvalue weighted by Crippen LogP contribution is 2.34. The van der Waals surface area contributed by atoms with Crippen LogP contribution in [0, 0.1) is 5.21 Å². The van der Waals surface area contributed by atoms with E-state index in [2.05, 4.69) is 0 Å². The zero-order valence-electron chi connectivity index (χ0n) is 10.1. The number of likely N-dealkylation sites (N-methyl/N-ethyl adjacent to an activating group) is 1. The molecule has 3 heteroatoms. The van der Waals surface area contributed by atoms with E-state index in [0.29, 0.717) is 6.61 Å². The van der Waals surface area contributed by atoms with Crippen molar-refractivity contribution < 1.29 is 9.38 Å². The summed E-state index contributed by atoms with van der Waals surface area (Å²) >= 11 is 0. The highest BCUT2D eigenvalue weighted by atomic mass is 16.6. The molecule has 16 heavy (non-hydrogen) atoms. The third-order valence-electron chi connectivity index (χ3n) is 3.77. The Bertz CT molecular complexity index is 350. The van der Waals surface area contributed by atoms with Gasteiger partial charge in [0.25, 0.3) is 0 Å².